The number of ether oxygens (including phenoxy) is 1. The van der Waals surface area contributed by atoms with Crippen LogP contribution < -0.4 is 0 Å². The number of carbonyl (C=O) groups excluding carboxylic acids is 1. The van der Waals surface area contributed by atoms with E-state index in [2.05, 4.69) is 0 Å². The first-order valence-corrected chi connectivity index (χ1v) is 13.1. The van der Waals surface area contributed by atoms with Crippen molar-refractivity contribution in [3.05, 3.63) is 35.4 Å². The van der Waals surface area contributed by atoms with Crippen LogP contribution in [-0.2, 0) is 11.2 Å². The second-order valence-corrected chi connectivity index (χ2v) is 11.6. The normalized spacial score (nSPS) is 22.9. The van der Waals surface area contributed by atoms with Gasteiger partial charge in [0.2, 0.25) is 0 Å². The Morgan fingerprint density at radius 1 is 0.970 bits per heavy atom. The van der Waals surface area contributed by atoms with E-state index in [1.807, 2.05) is 25.7 Å². The van der Waals surface area contributed by atoms with Gasteiger partial charge in [0, 0.05) is 18.5 Å². The predicted octanol–water partition coefficient (Wildman–Crippen LogP) is 8.06. The SMILES string of the molecule is CC(C)(C)OC(=O)N1CC2(CCCCCCCCCCCC(Cc3ccc(F)c(F)c3)C2)C1. The summed E-state index contributed by atoms with van der Waals surface area (Å²) in [7, 11) is 0. The molecule has 1 atom stereocenters. The summed E-state index contributed by atoms with van der Waals surface area (Å²) >= 11 is 0. The van der Waals surface area contributed by atoms with Gasteiger partial charge in [0.25, 0.3) is 0 Å². The van der Waals surface area contributed by atoms with Crippen molar-refractivity contribution < 1.29 is 18.3 Å². The van der Waals surface area contributed by atoms with Crippen LogP contribution in [0.2, 0.25) is 0 Å². The molecule has 33 heavy (non-hydrogen) atoms. The highest BCUT2D eigenvalue weighted by Gasteiger charge is 2.46. The van der Waals surface area contributed by atoms with E-state index < -0.39 is 17.2 Å². The van der Waals surface area contributed by atoms with Crippen LogP contribution in [0.4, 0.5) is 13.6 Å². The van der Waals surface area contributed by atoms with E-state index >= 15 is 0 Å². The summed E-state index contributed by atoms with van der Waals surface area (Å²) in [6, 6.07) is 4.34. The van der Waals surface area contributed by atoms with Crippen molar-refractivity contribution in [3.63, 3.8) is 0 Å². The summed E-state index contributed by atoms with van der Waals surface area (Å²) in [6.07, 6.45) is 15.2. The lowest BCUT2D eigenvalue weighted by molar-refractivity contribution is -0.0488. The molecule has 1 saturated heterocycles. The number of hydrogen-bond acceptors (Lipinski definition) is 2. The molecule has 2 fully saturated rings. The Hall–Kier alpha value is -1.65. The lowest BCUT2D eigenvalue weighted by Gasteiger charge is -2.52. The van der Waals surface area contributed by atoms with Gasteiger partial charge < -0.3 is 9.64 Å². The zero-order valence-electron chi connectivity index (χ0n) is 20.9. The van der Waals surface area contributed by atoms with Crippen LogP contribution in [0, 0.1) is 23.0 Å². The van der Waals surface area contributed by atoms with Gasteiger partial charge in [-0.15, -0.1) is 0 Å². The fourth-order valence-electron chi connectivity index (χ4n) is 5.67. The minimum Gasteiger partial charge on any atom is -0.444 e. The van der Waals surface area contributed by atoms with Crippen molar-refractivity contribution in [1.29, 1.82) is 0 Å². The lowest BCUT2D eigenvalue weighted by Crippen LogP contribution is -2.59. The average Bonchev–Trinajstić information content (AvgIpc) is 2.70. The number of likely N-dealkylation sites (tertiary alicyclic amines) is 1. The molecule has 3 rings (SSSR count). The molecule has 1 aromatic rings. The maximum absolute atomic E-state index is 13.9. The third-order valence-corrected chi connectivity index (χ3v) is 7.25. The maximum Gasteiger partial charge on any atom is 0.410 e. The molecule has 0 aromatic heterocycles. The molecule has 3 nitrogen and oxygen atoms in total. The second-order valence-electron chi connectivity index (χ2n) is 11.6. The van der Waals surface area contributed by atoms with E-state index in [9.17, 15) is 13.6 Å². The van der Waals surface area contributed by atoms with Crippen LogP contribution in [0.25, 0.3) is 0 Å². The number of carbonyl (C=O) groups is 1. The van der Waals surface area contributed by atoms with E-state index in [0.29, 0.717) is 5.92 Å². The van der Waals surface area contributed by atoms with Gasteiger partial charge in [-0.25, -0.2) is 13.6 Å². The molecule has 2 aliphatic rings. The van der Waals surface area contributed by atoms with Crippen LogP contribution in [-0.4, -0.2) is 29.7 Å². The van der Waals surface area contributed by atoms with Crippen molar-refractivity contribution in [3.8, 4) is 0 Å². The summed E-state index contributed by atoms with van der Waals surface area (Å²) in [6.45, 7) is 7.20. The van der Waals surface area contributed by atoms with Gasteiger partial charge in [0.05, 0.1) is 0 Å². The summed E-state index contributed by atoms with van der Waals surface area (Å²) in [5.41, 5.74) is 0.501. The number of nitrogens with zero attached hydrogens (tertiary/aromatic N) is 1. The lowest BCUT2D eigenvalue weighted by atomic mass is 9.68. The molecule has 1 saturated carbocycles. The molecule has 1 amide bonds. The van der Waals surface area contributed by atoms with Gasteiger partial charge in [0.15, 0.2) is 11.6 Å². The Labute approximate surface area is 199 Å². The Kier molecular flexibility index (Phi) is 9.17. The molecule has 1 aromatic carbocycles. The van der Waals surface area contributed by atoms with Crippen molar-refractivity contribution in [2.75, 3.05) is 13.1 Å². The van der Waals surface area contributed by atoms with Crippen molar-refractivity contribution in [1.82, 2.24) is 4.90 Å². The van der Waals surface area contributed by atoms with Gasteiger partial charge in [-0.1, -0.05) is 70.3 Å². The molecule has 1 spiro atoms. The van der Waals surface area contributed by atoms with Crippen LogP contribution >= 0.6 is 0 Å². The fraction of sp³-hybridized carbons (Fsp3) is 0.750. The highest BCUT2D eigenvalue weighted by atomic mass is 19.2. The molecule has 0 bridgehead atoms. The second kappa shape index (κ2) is 11.7. The summed E-state index contributed by atoms with van der Waals surface area (Å²) in [5.74, 6) is -1.13. The molecule has 1 aliphatic heterocycles. The molecular formula is C28H43F2NO2. The molecule has 1 heterocycles. The quantitative estimate of drug-likeness (QED) is 0.444. The minimum atomic E-state index is -0.784. The zero-order valence-corrected chi connectivity index (χ0v) is 20.9. The Morgan fingerprint density at radius 2 is 1.58 bits per heavy atom. The van der Waals surface area contributed by atoms with Gasteiger partial charge in [-0.05, 0) is 63.6 Å². The first kappa shape index (κ1) is 26.0. The molecule has 0 N–H and O–H groups in total. The average molecular weight is 464 g/mol. The van der Waals surface area contributed by atoms with E-state index in [-0.39, 0.29) is 11.5 Å². The predicted molar refractivity (Wildman–Crippen MR) is 129 cm³/mol. The summed E-state index contributed by atoms with van der Waals surface area (Å²) < 4.78 is 32.9. The molecular weight excluding hydrogens is 420 g/mol. The Bertz CT molecular complexity index is 768. The van der Waals surface area contributed by atoms with Crippen LogP contribution in [0.5, 0.6) is 0 Å². The molecule has 1 aliphatic carbocycles. The monoisotopic (exact) mass is 463 g/mol. The molecule has 5 heteroatoms. The van der Waals surface area contributed by atoms with E-state index in [1.165, 1.54) is 69.9 Å². The highest BCUT2D eigenvalue weighted by Crippen LogP contribution is 2.44. The number of hydrogen-bond donors (Lipinski definition) is 0. The van der Waals surface area contributed by atoms with Crippen molar-refractivity contribution in [2.24, 2.45) is 11.3 Å². The summed E-state index contributed by atoms with van der Waals surface area (Å²) in [4.78, 5) is 14.4. The van der Waals surface area contributed by atoms with E-state index in [0.717, 1.165) is 44.3 Å². The largest absolute Gasteiger partial charge is 0.444 e. The zero-order chi connectivity index (χ0) is 23.9. The third-order valence-electron chi connectivity index (χ3n) is 7.25. The van der Waals surface area contributed by atoms with Crippen molar-refractivity contribution in [2.45, 2.75) is 110 Å². The van der Waals surface area contributed by atoms with E-state index in [1.54, 1.807) is 6.07 Å². The first-order valence-electron chi connectivity index (χ1n) is 13.1. The van der Waals surface area contributed by atoms with Crippen LogP contribution in [0.3, 0.4) is 0 Å². The summed E-state index contributed by atoms with van der Waals surface area (Å²) in [5, 5.41) is 0. The number of benzene rings is 1. The highest BCUT2D eigenvalue weighted by molar-refractivity contribution is 5.69. The van der Waals surface area contributed by atoms with E-state index in [4.69, 9.17) is 4.74 Å². The van der Waals surface area contributed by atoms with Gasteiger partial charge in [-0.2, -0.15) is 0 Å². The van der Waals surface area contributed by atoms with Crippen molar-refractivity contribution >= 4 is 6.09 Å². The third kappa shape index (κ3) is 8.26. The minimum absolute atomic E-state index is 0.115. The smallest absolute Gasteiger partial charge is 0.410 e. The fourth-order valence-corrected chi connectivity index (χ4v) is 5.67. The first-order chi connectivity index (χ1) is 15.7. The van der Waals surface area contributed by atoms with Crippen LogP contribution in [0.1, 0.15) is 103 Å². The Morgan fingerprint density at radius 3 is 2.18 bits per heavy atom. The maximum atomic E-state index is 13.9. The number of amides is 1. The van der Waals surface area contributed by atoms with Gasteiger partial charge in [0.1, 0.15) is 5.60 Å². The number of halogens is 2. The number of rotatable bonds is 2. The van der Waals surface area contributed by atoms with Gasteiger partial charge in [-0.3, -0.25) is 0 Å². The molecule has 0 radical (unpaired) electrons. The van der Waals surface area contributed by atoms with Gasteiger partial charge >= 0.3 is 6.09 Å². The van der Waals surface area contributed by atoms with Crippen LogP contribution in [0.15, 0.2) is 18.2 Å². The molecule has 186 valence electrons. The topological polar surface area (TPSA) is 29.5 Å². The Balaban J connectivity index is 1.70. The standard InChI is InChI=1S/C28H43F2NO2/c1-27(2,3)33-26(32)31-20-28(21-31)16-12-10-8-6-4-5-7-9-11-13-23(19-28)17-22-14-15-24(29)25(30)18-22/h14-15,18,23H,4-13,16-17,19-21H2,1-3H3. The molecule has 1 unspecified atom stereocenters.